The van der Waals surface area contributed by atoms with E-state index in [0.29, 0.717) is 5.41 Å². The highest BCUT2D eigenvalue weighted by Crippen LogP contribution is 2.63. The summed E-state index contributed by atoms with van der Waals surface area (Å²) in [4.78, 5) is 0. The SMILES string of the molecule is Cc1ccc(C(C)C2CCC3C2CCC2C3CC=C3CC(C)CCC32C)cc1. The van der Waals surface area contributed by atoms with Crippen LogP contribution in [0.5, 0.6) is 0 Å². The molecule has 8 atom stereocenters. The first kappa shape index (κ1) is 19.0. The smallest absolute Gasteiger partial charge is 0.00851 e. The van der Waals surface area contributed by atoms with Gasteiger partial charge in [0.1, 0.15) is 0 Å². The summed E-state index contributed by atoms with van der Waals surface area (Å²) in [6.45, 7) is 9.85. The number of fused-ring (bicyclic) bond motifs is 5. The molecule has 5 rings (SSSR count). The fourth-order valence-electron chi connectivity index (χ4n) is 8.28. The average molecular weight is 377 g/mol. The fraction of sp³-hybridized carbons (Fsp3) is 0.714. The molecule has 0 radical (unpaired) electrons. The molecule has 28 heavy (non-hydrogen) atoms. The molecule has 0 heterocycles. The normalized spacial score (nSPS) is 43.5. The predicted molar refractivity (Wildman–Crippen MR) is 119 cm³/mol. The molecule has 3 fully saturated rings. The van der Waals surface area contributed by atoms with Gasteiger partial charge in [0.25, 0.3) is 0 Å². The minimum Gasteiger partial charge on any atom is -0.0845 e. The van der Waals surface area contributed by atoms with Crippen molar-refractivity contribution in [2.24, 2.45) is 40.9 Å². The van der Waals surface area contributed by atoms with Crippen LogP contribution in [0.1, 0.15) is 89.2 Å². The summed E-state index contributed by atoms with van der Waals surface area (Å²) in [5.41, 5.74) is 5.37. The minimum absolute atomic E-state index is 0.543. The second-order valence-electron chi connectivity index (χ2n) is 11.3. The van der Waals surface area contributed by atoms with E-state index >= 15 is 0 Å². The van der Waals surface area contributed by atoms with Gasteiger partial charge in [0.2, 0.25) is 0 Å². The molecule has 0 saturated heterocycles. The Morgan fingerprint density at radius 2 is 1.68 bits per heavy atom. The van der Waals surface area contributed by atoms with E-state index in [2.05, 4.69) is 58.0 Å². The number of aryl methyl sites for hydroxylation is 1. The summed E-state index contributed by atoms with van der Waals surface area (Å²) in [6, 6.07) is 9.43. The van der Waals surface area contributed by atoms with E-state index in [-0.39, 0.29) is 0 Å². The molecule has 0 aromatic heterocycles. The van der Waals surface area contributed by atoms with Crippen molar-refractivity contribution in [3.63, 3.8) is 0 Å². The molecule has 4 aliphatic rings. The molecule has 8 unspecified atom stereocenters. The van der Waals surface area contributed by atoms with E-state index < -0.39 is 0 Å². The van der Waals surface area contributed by atoms with E-state index in [0.717, 1.165) is 41.4 Å². The van der Waals surface area contributed by atoms with Crippen molar-refractivity contribution in [1.82, 2.24) is 0 Å². The van der Waals surface area contributed by atoms with Crippen molar-refractivity contribution in [2.75, 3.05) is 0 Å². The van der Waals surface area contributed by atoms with Gasteiger partial charge >= 0.3 is 0 Å². The Hall–Kier alpha value is -1.04. The Kier molecular flexibility index (Phi) is 4.76. The summed E-state index contributed by atoms with van der Waals surface area (Å²) >= 11 is 0. The first-order chi connectivity index (χ1) is 13.5. The highest BCUT2D eigenvalue weighted by molar-refractivity contribution is 5.27. The quantitative estimate of drug-likeness (QED) is 0.460. The van der Waals surface area contributed by atoms with E-state index in [1.807, 2.05) is 5.57 Å². The van der Waals surface area contributed by atoms with Crippen molar-refractivity contribution in [3.05, 3.63) is 47.0 Å². The number of allylic oxidation sites excluding steroid dienone is 2. The zero-order valence-corrected chi connectivity index (χ0v) is 18.6. The van der Waals surface area contributed by atoms with Crippen LogP contribution in [0.2, 0.25) is 0 Å². The van der Waals surface area contributed by atoms with Gasteiger partial charge in [0.05, 0.1) is 0 Å². The van der Waals surface area contributed by atoms with Crippen LogP contribution in [-0.4, -0.2) is 0 Å². The second-order valence-corrected chi connectivity index (χ2v) is 11.3. The lowest BCUT2D eigenvalue weighted by atomic mass is 9.49. The van der Waals surface area contributed by atoms with Crippen LogP contribution in [0.3, 0.4) is 0 Å². The van der Waals surface area contributed by atoms with Crippen LogP contribution in [-0.2, 0) is 0 Å². The maximum absolute atomic E-state index is 2.73. The van der Waals surface area contributed by atoms with Gasteiger partial charge in [-0.3, -0.25) is 0 Å². The Morgan fingerprint density at radius 3 is 2.46 bits per heavy atom. The third-order valence-electron chi connectivity index (χ3n) is 9.97. The van der Waals surface area contributed by atoms with Gasteiger partial charge in [-0.25, -0.2) is 0 Å². The molecule has 1 aromatic carbocycles. The first-order valence-electron chi connectivity index (χ1n) is 12.2. The lowest BCUT2D eigenvalue weighted by molar-refractivity contribution is -0.000569. The third-order valence-corrected chi connectivity index (χ3v) is 9.97. The van der Waals surface area contributed by atoms with Crippen molar-refractivity contribution in [2.45, 2.75) is 85.0 Å². The van der Waals surface area contributed by atoms with Gasteiger partial charge in [-0.05, 0) is 111 Å². The lowest BCUT2D eigenvalue weighted by Gasteiger charge is -2.55. The van der Waals surface area contributed by atoms with E-state index in [9.17, 15) is 0 Å². The number of rotatable bonds is 2. The Labute approximate surface area is 173 Å². The molecule has 0 amide bonds. The van der Waals surface area contributed by atoms with Gasteiger partial charge in [0, 0.05) is 0 Å². The molecule has 0 N–H and O–H groups in total. The molecule has 0 heteroatoms. The molecular formula is C28H40. The summed E-state index contributed by atoms with van der Waals surface area (Å²) in [5.74, 6) is 6.51. The molecule has 0 aliphatic heterocycles. The van der Waals surface area contributed by atoms with Crippen LogP contribution in [0, 0.1) is 47.8 Å². The first-order valence-corrected chi connectivity index (χ1v) is 12.2. The molecule has 0 spiro atoms. The summed E-state index contributed by atoms with van der Waals surface area (Å²) in [6.07, 6.45) is 14.4. The van der Waals surface area contributed by atoms with Crippen LogP contribution < -0.4 is 0 Å². The molecule has 0 bridgehead atoms. The minimum atomic E-state index is 0.543. The summed E-state index contributed by atoms with van der Waals surface area (Å²) in [7, 11) is 0. The molecule has 0 nitrogen and oxygen atoms in total. The van der Waals surface area contributed by atoms with Crippen molar-refractivity contribution < 1.29 is 0 Å². The van der Waals surface area contributed by atoms with Gasteiger partial charge in [-0.2, -0.15) is 0 Å². The number of benzene rings is 1. The van der Waals surface area contributed by atoms with Crippen LogP contribution in [0.15, 0.2) is 35.9 Å². The standard InChI is InChI=1S/C28H40/c1-18-5-7-21(8-6-18)20(3)23-11-12-25-24(23)13-14-27-26(25)10-9-22-17-19(2)15-16-28(22,27)4/h5-9,19-20,23-27H,10-17H2,1-4H3. The Balaban J connectivity index is 1.37. The third kappa shape index (κ3) is 2.93. The zero-order chi connectivity index (χ0) is 19.5. The van der Waals surface area contributed by atoms with E-state index in [4.69, 9.17) is 0 Å². The molecule has 1 aromatic rings. The summed E-state index contributed by atoms with van der Waals surface area (Å²) in [5, 5.41) is 0. The van der Waals surface area contributed by atoms with Crippen LogP contribution >= 0.6 is 0 Å². The van der Waals surface area contributed by atoms with Gasteiger partial charge in [-0.15, -0.1) is 0 Å². The molecular weight excluding hydrogens is 336 g/mol. The van der Waals surface area contributed by atoms with Gasteiger partial charge in [-0.1, -0.05) is 62.2 Å². The molecule has 152 valence electrons. The molecule has 4 aliphatic carbocycles. The van der Waals surface area contributed by atoms with E-state index in [1.165, 1.54) is 56.9 Å². The zero-order valence-electron chi connectivity index (χ0n) is 18.6. The van der Waals surface area contributed by atoms with Gasteiger partial charge in [0.15, 0.2) is 0 Å². The van der Waals surface area contributed by atoms with Crippen LogP contribution in [0.25, 0.3) is 0 Å². The lowest BCUT2D eigenvalue weighted by Crippen LogP contribution is -2.47. The highest BCUT2D eigenvalue weighted by Gasteiger charge is 2.54. The molecule has 3 saturated carbocycles. The van der Waals surface area contributed by atoms with Crippen molar-refractivity contribution in [1.29, 1.82) is 0 Å². The largest absolute Gasteiger partial charge is 0.0845 e. The predicted octanol–water partition coefficient (Wildman–Crippen LogP) is 7.92. The van der Waals surface area contributed by atoms with Crippen molar-refractivity contribution in [3.8, 4) is 0 Å². The number of hydrogen-bond acceptors (Lipinski definition) is 0. The van der Waals surface area contributed by atoms with Crippen molar-refractivity contribution >= 4 is 0 Å². The maximum Gasteiger partial charge on any atom is -0.00851 e. The Morgan fingerprint density at radius 1 is 0.929 bits per heavy atom. The summed E-state index contributed by atoms with van der Waals surface area (Å²) < 4.78 is 0. The van der Waals surface area contributed by atoms with Crippen LogP contribution in [0.4, 0.5) is 0 Å². The topological polar surface area (TPSA) is 0 Å². The second kappa shape index (κ2) is 7.03. The number of hydrogen-bond donors (Lipinski definition) is 0. The fourth-order valence-corrected chi connectivity index (χ4v) is 8.28. The highest BCUT2D eigenvalue weighted by atomic mass is 14.6. The monoisotopic (exact) mass is 376 g/mol. The maximum atomic E-state index is 2.73. The van der Waals surface area contributed by atoms with E-state index in [1.54, 1.807) is 5.56 Å². The Bertz CT molecular complexity index is 740. The van der Waals surface area contributed by atoms with Gasteiger partial charge < -0.3 is 0 Å². The average Bonchev–Trinajstić information content (AvgIpc) is 3.13.